The molecule has 1 atom stereocenters. The zero-order valence-electron chi connectivity index (χ0n) is 13.9. The number of aryl methyl sites for hydroxylation is 1. The molecule has 0 saturated heterocycles. The third-order valence-corrected chi connectivity index (χ3v) is 4.24. The molecule has 0 bridgehead atoms. The van der Waals surface area contributed by atoms with Crippen LogP contribution in [0.3, 0.4) is 0 Å². The second kappa shape index (κ2) is 7.25. The quantitative estimate of drug-likeness (QED) is 0.866. The van der Waals surface area contributed by atoms with E-state index in [-0.39, 0.29) is 0 Å². The maximum atomic E-state index is 9.72. The number of fused-ring (bicyclic) bond motifs is 1. The Morgan fingerprint density at radius 2 is 2.26 bits per heavy atom. The highest BCUT2D eigenvalue weighted by Gasteiger charge is 2.19. The first-order valence-electron chi connectivity index (χ1n) is 8.13. The van der Waals surface area contributed by atoms with Gasteiger partial charge in [-0.05, 0) is 19.4 Å². The summed E-state index contributed by atoms with van der Waals surface area (Å²) in [6.45, 7) is 6.83. The average Bonchev–Trinajstić information content (AvgIpc) is 3.08. The summed E-state index contributed by atoms with van der Waals surface area (Å²) in [6, 6.07) is 2.01. The highest BCUT2D eigenvalue weighted by molar-refractivity contribution is 5.13. The Morgan fingerprint density at radius 1 is 1.39 bits per heavy atom. The third-order valence-electron chi connectivity index (χ3n) is 4.24. The van der Waals surface area contributed by atoms with Crippen molar-refractivity contribution in [2.75, 3.05) is 20.3 Å². The lowest BCUT2D eigenvalue weighted by molar-refractivity contribution is 0.183. The number of hydrogen-bond acceptors (Lipinski definition) is 5. The number of imidazole rings is 1. The van der Waals surface area contributed by atoms with Crippen LogP contribution in [0.15, 0.2) is 18.5 Å². The van der Waals surface area contributed by atoms with Crippen molar-refractivity contribution >= 4 is 0 Å². The van der Waals surface area contributed by atoms with Gasteiger partial charge in [-0.3, -0.25) is 9.58 Å². The minimum Gasteiger partial charge on any atom is -0.387 e. The Balaban J connectivity index is 1.70. The maximum Gasteiger partial charge on any atom is 0.122 e. The fourth-order valence-corrected chi connectivity index (χ4v) is 2.97. The second-order valence-electron chi connectivity index (χ2n) is 6.05. The minimum atomic E-state index is -0.518. The van der Waals surface area contributed by atoms with Gasteiger partial charge in [0.05, 0.1) is 30.6 Å². The Kier molecular flexibility index (Phi) is 5.09. The van der Waals surface area contributed by atoms with Crippen LogP contribution in [0.25, 0.3) is 0 Å². The van der Waals surface area contributed by atoms with Crippen LogP contribution in [0.4, 0.5) is 0 Å². The zero-order chi connectivity index (χ0) is 16.2. The number of aromatic nitrogens is 4. The summed E-state index contributed by atoms with van der Waals surface area (Å²) in [4.78, 5) is 6.87. The predicted octanol–water partition coefficient (Wildman–Crippen LogP) is 1.19. The van der Waals surface area contributed by atoms with Gasteiger partial charge in [0.25, 0.3) is 0 Å². The van der Waals surface area contributed by atoms with E-state index in [1.807, 2.05) is 23.1 Å². The molecule has 1 aliphatic rings. The van der Waals surface area contributed by atoms with Crippen LogP contribution < -0.4 is 0 Å². The van der Waals surface area contributed by atoms with Crippen LogP contribution in [0.2, 0.25) is 0 Å². The standard InChI is InChI=1S/C16H25N5O2/c1-13(22)15-10-14-11-19(5-3-6-21(14)18-15)12-16-17-4-7-20(16)8-9-23-2/h4,7,10,13,22H,3,5-6,8-9,11-12H2,1-2H3/t13-/m0/s1. The summed E-state index contributed by atoms with van der Waals surface area (Å²) in [6.07, 6.45) is 4.38. The van der Waals surface area contributed by atoms with E-state index in [1.54, 1.807) is 14.0 Å². The Morgan fingerprint density at radius 3 is 3.04 bits per heavy atom. The molecule has 126 valence electrons. The SMILES string of the molecule is COCCn1ccnc1CN1CCCn2nc([C@H](C)O)cc2C1. The van der Waals surface area contributed by atoms with Crippen molar-refractivity contribution in [3.63, 3.8) is 0 Å². The molecule has 3 heterocycles. The van der Waals surface area contributed by atoms with Crippen LogP contribution in [0.1, 0.15) is 36.7 Å². The van der Waals surface area contributed by atoms with Crippen LogP contribution >= 0.6 is 0 Å². The van der Waals surface area contributed by atoms with Crippen molar-refractivity contribution in [3.8, 4) is 0 Å². The van der Waals surface area contributed by atoms with Crippen molar-refractivity contribution in [1.82, 2.24) is 24.2 Å². The minimum absolute atomic E-state index is 0.518. The van der Waals surface area contributed by atoms with E-state index < -0.39 is 6.10 Å². The molecule has 0 aromatic carbocycles. The smallest absolute Gasteiger partial charge is 0.122 e. The summed E-state index contributed by atoms with van der Waals surface area (Å²) in [5.74, 6) is 1.06. The fourth-order valence-electron chi connectivity index (χ4n) is 2.97. The van der Waals surface area contributed by atoms with E-state index in [2.05, 4.69) is 19.5 Å². The average molecular weight is 319 g/mol. The molecular weight excluding hydrogens is 294 g/mol. The molecule has 1 aliphatic heterocycles. The molecule has 0 radical (unpaired) electrons. The van der Waals surface area contributed by atoms with Crippen LogP contribution in [0, 0.1) is 0 Å². The number of ether oxygens (including phenoxy) is 1. The van der Waals surface area contributed by atoms with Gasteiger partial charge in [0.1, 0.15) is 5.82 Å². The van der Waals surface area contributed by atoms with E-state index >= 15 is 0 Å². The van der Waals surface area contributed by atoms with Crippen molar-refractivity contribution < 1.29 is 9.84 Å². The van der Waals surface area contributed by atoms with Gasteiger partial charge in [0.2, 0.25) is 0 Å². The molecular formula is C16H25N5O2. The van der Waals surface area contributed by atoms with Gasteiger partial charge in [0, 0.05) is 45.7 Å². The van der Waals surface area contributed by atoms with Crippen molar-refractivity contribution in [2.24, 2.45) is 0 Å². The number of hydrogen-bond donors (Lipinski definition) is 1. The summed E-state index contributed by atoms with van der Waals surface area (Å²) in [7, 11) is 1.71. The van der Waals surface area contributed by atoms with Gasteiger partial charge in [-0.15, -0.1) is 0 Å². The topological polar surface area (TPSA) is 68.3 Å². The lowest BCUT2D eigenvalue weighted by atomic mass is 10.2. The van der Waals surface area contributed by atoms with Crippen LogP contribution in [0.5, 0.6) is 0 Å². The summed E-state index contributed by atoms with van der Waals surface area (Å²) < 4.78 is 9.33. The molecule has 23 heavy (non-hydrogen) atoms. The lowest BCUT2D eigenvalue weighted by Crippen LogP contribution is -2.25. The molecule has 0 fully saturated rings. The van der Waals surface area contributed by atoms with Crippen molar-refractivity contribution in [3.05, 3.63) is 35.7 Å². The maximum absolute atomic E-state index is 9.72. The van der Waals surface area contributed by atoms with Crippen molar-refractivity contribution in [2.45, 2.75) is 45.6 Å². The van der Waals surface area contributed by atoms with E-state index in [1.165, 1.54) is 0 Å². The van der Waals surface area contributed by atoms with E-state index in [9.17, 15) is 5.11 Å². The van der Waals surface area contributed by atoms with Gasteiger partial charge in [0.15, 0.2) is 0 Å². The predicted molar refractivity (Wildman–Crippen MR) is 85.7 cm³/mol. The lowest BCUT2D eigenvalue weighted by Gasteiger charge is -2.19. The highest BCUT2D eigenvalue weighted by Crippen LogP contribution is 2.19. The largest absolute Gasteiger partial charge is 0.387 e. The van der Waals surface area contributed by atoms with Crippen LogP contribution in [-0.4, -0.2) is 49.6 Å². The van der Waals surface area contributed by atoms with Crippen molar-refractivity contribution in [1.29, 1.82) is 0 Å². The van der Waals surface area contributed by atoms with Gasteiger partial charge in [-0.2, -0.15) is 5.10 Å². The van der Waals surface area contributed by atoms with E-state index in [4.69, 9.17) is 4.74 Å². The first kappa shape index (κ1) is 16.2. The van der Waals surface area contributed by atoms with Crippen LogP contribution in [-0.2, 0) is 30.9 Å². The molecule has 3 rings (SSSR count). The molecule has 0 amide bonds. The molecule has 2 aromatic rings. The summed E-state index contributed by atoms with van der Waals surface area (Å²) in [5, 5.41) is 14.2. The molecule has 1 N–H and O–H groups in total. The van der Waals surface area contributed by atoms with Gasteiger partial charge < -0.3 is 14.4 Å². The van der Waals surface area contributed by atoms with Gasteiger partial charge >= 0.3 is 0 Å². The summed E-state index contributed by atoms with van der Waals surface area (Å²) in [5.41, 5.74) is 1.91. The fraction of sp³-hybridized carbons (Fsp3) is 0.625. The van der Waals surface area contributed by atoms with Gasteiger partial charge in [-0.1, -0.05) is 0 Å². The number of rotatable bonds is 6. The molecule has 0 aliphatic carbocycles. The normalized spacial score (nSPS) is 17.0. The summed E-state index contributed by atoms with van der Waals surface area (Å²) >= 11 is 0. The first-order valence-corrected chi connectivity index (χ1v) is 8.13. The molecule has 0 saturated carbocycles. The van der Waals surface area contributed by atoms with Gasteiger partial charge in [-0.25, -0.2) is 4.98 Å². The monoisotopic (exact) mass is 319 g/mol. The number of aliphatic hydroxyl groups excluding tert-OH is 1. The highest BCUT2D eigenvalue weighted by atomic mass is 16.5. The van der Waals surface area contributed by atoms with E-state index in [0.717, 1.165) is 56.4 Å². The Bertz CT molecular complexity index is 634. The number of aliphatic hydroxyl groups is 1. The molecule has 7 nitrogen and oxygen atoms in total. The molecule has 0 unspecified atom stereocenters. The molecule has 0 spiro atoms. The zero-order valence-corrected chi connectivity index (χ0v) is 13.9. The number of nitrogens with zero attached hydrogens (tertiary/aromatic N) is 5. The third kappa shape index (κ3) is 3.80. The second-order valence-corrected chi connectivity index (χ2v) is 6.05. The first-order chi connectivity index (χ1) is 11.2. The Hall–Kier alpha value is -1.70. The molecule has 2 aromatic heterocycles. The number of methoxy groups -OCH3 is 1. The van der Waals surface area contributed by atoms with E-state index in [0.29, 0.717) is 6.61 Å². The molecule has 7 heteroatoms. The Labute approximate surface area is 136 Å².